The second-order valence-corrected chi connectivity index (χ2v) is 7.40. The number of carbonyl (C=O) groups is 1. The van der Waals surface area contributed by atoms with Gasteiger partial charge in [-0.05, 0) is 43.9 Å². The molecule has 0 aliphatic rings. The first kappa shape index (κ1) is 24.0. The number of benzene rings is 2. The fraction of sp³-hybridized carbons (Fsp3) is 0.320. The lowest BCUT2D eigenvalue weighted by Crippen LogP contribution is -2.20. The summed E-state index contributed by atoms with van der Waals surface area (Å²) >= 11 is 0. The number of fused-ring (bicyclic) bond motifs is 1. The molecule has 0 saturated carbocycles. The molecule has 3 aromatic rings. The van der Waals surface area contributed by atoms with Crippen molar-refractivity contribution in [2.45, 2.75) is 0 Å². The fourth-order valence-corrected chi connectivity index (χ4v) is 3.42. The van der Waals surface area contributed by atoms with Crippen LogP contribution in [0.2, 0.25) is 0 Å². The van der Waals surface area contributed by atoms with Crippen molar-refractivity contribution in [3.05, 3.63) is 47.7 Å². The smallest absolute Gasteiger partial charge is 0.205 e. The van der Waals surface area contributed by atoms with E-state index in [4.69, 9.17) is 28.1 Å². The van der Waals surface area contributed by atoms with Crippen molar-refractivity contribution in [2.24, 2.45) is 0 Å². The molecule has 0 spiro atoms. The lowest BCUT2D eigenvalue weighted by molar-refractivity contribution is 0.104. The maximum absolute atomic E-state index is 13.4. The van der Waals surface area contributed by atoms with Crippen molar-refractivity contribution in [2.75, 3.05) is 55.7 Å². The van der Waals surface area contributed by atoms with E-state index in [0.29, 0.717) is 47.1 Å². The van der Waals surface area contributed by atoms with Gasteiger partial charge in [0.1, 0.15) is 17.9 Å². The van der Waals surface area contributed by atoms with Crippen LogP contribution in [0, 0.1) is 0 Å². The average molecular weight is 456 g/mol. The minimum atomic E-state index is -0.303. The van der Waals surface area contributed by atoms with E-state index in [0.717, 1.165) is 5.56 Å². The summed E-state index contributed by atoms with van der Waals surface area (Å²) in [6.45, 7) is 0.995. The number of ether oxygens (including phenoxy) is 5. The van der Waals surface area contributed by atoms with Gasteiger partial charge in [-0.1, -0.05) is 12.1 Å². The van der Waals surface area contributed by atoms with Crippen LogP contribution in [0.3, 0.4) is 0 Å². The third-order valence-electron chi connectivity index (χ3n) is 5.05. The standard InChI is InChI=1S/C25H29NO7/c1-26(2)12-14-33-24-21(22(30-5)17-11-13-32-23(17)25(24)31-6)18(27)9-7-16-8-10-19(28-3)20(15-16)29-4/h7-11,13,15H,12,14H2,1-6H3/b9-7+. The van der Waals surface area contributed by atoms with Gasteiger partial charge in [0.25, 0.3) is 0 Å². The summed E-state index contributed by atoms with van der Waals surface area (Å²) in [6, 6.07) is 7.12. The van der Waals surface area contributed by atoms with Crippen molar-refractivity contribution in [1.29, 1.82) is 0 Å². The van der Waals surface area contributed by atoms with Gasteiger partial charge < -0.3 is 33.0 Å². The summed E-state index contributed by atoms with van der Waals surface area (Å²) in [4.78, 5) is 15.4. The van der Waals surface area contributed by atoms with E-state index in [1.807, 2.05) is 25.1 Å². The Labute approximate surface area is 193 Å². The highest BCUT2D eigenvalue weighted by Crippen LogP contribution is 2.46. The van der Waals surface area contributed by atoms with Gasteiger partial charge in [0.05, 0.1) is 40.1 Å². The first-order valence-corrected chi connectivity index (χ1v) is 10.3. The second-order valence-electron chi connectivity index (χ2n) is 7.40. The fourth-order valence-electron chi connectivity index (χ4n) is 3.42. The molecule has 3 rings (SSSR count). The maximum atomic E-state index is 13.4. The minimum absolute atomic E-state index is 0.263. The van der Waals surface area contributed by atoms with Gasteiger partial charge in [-0.2, -0.15) is 0 Å². The van der Waals surface area contributed by atoms with E-state index in [-0.39, 0.29) is 17.1 Å². The topological polar surface area (TPSA) is 79.6 Å². The Hall–Kier alpha value is -3.65. The van der Waals surface area contributed by atoms with E-state index in [1.165, 1.54) is 26.6 Å². The molecule has 33 heavy (non-hydrogen) atoms. The number of likely N-dealkylation sites (N-methyl/N-ethyl adjacent to an activating group) is 1. The Morgan fingerprint density at radius 2 is 1.67 bits per heavy atom. The lowest BCUT2D eigenvalue weighted by atomic mass is 10.0. The van der Waals surface area contributed by atoms with Crippen LogP contribution in [0.1, 0.15) is 15.9 Å². The molecular weight excluding hydrogens is 426 g/mol. The largest absolute Gasteiger partial charge is 0.495 e. The molecular formula is C25H29NO7. The number of nitrogens with zero attached hydrogens (tertiary/aromatic N) is 1. The number of allylic oxidation sites excluding steroid dienone is 1. The van der Waals surface area contributed by atoms with E-state index < -0.39 is 0 Å². The average Bonchev–Trinajstić information content (AvgIpc) is 3.30. The summed E-state index contributed by atoms with van der Waals surface area (Å²) in [6.07, 6.45) is 4.68. The third kappa shape index (κ3) is 5.06. The molecule has 0 radical (unpaired) electrons. The molecule has 176 valence electrons. The molecule has 0 saturated heterocycles. The van der Waals surface area contributed by atoms with E-state index in [1.54, 1.807) is 38.5 Å². The SMILES string of the molecule is COc1ccc(/C=C/C(=O)c2c(OCCN(C)C)c(OC)c3occc3c2OC)cc1OC. The first-order valence-electron chi connectivity index (χ1n) is 10.3. The van der Waals surface area contributed by atoms with Crippen LogP contribution in [0.5, 0.6) is 28.7 Å². The van der Waals surface area contributed by atoms with Crippen molar-refractivity contribution >= 4 is 22.8 Å². The zero-order valence-electron chi connectivity index (χ0n) is 19.8. The number of methoxy groups -OCH3 is 4. The molecule has 1 heterocycles. The molecule has 0 N–H and O–H groups in total. The highest BCUT2D eigenvalue weighted by atomic mass is 16.5. The van der Waals surface area contributed by atoms with Crippen LogP contribution in [-0.2, 0) is 0 Å². The van der Waals surface area contributed by atoms with E-state index >= 15 is 0 Å². The van der Waals surface area contributed by atoms with Crippen LogP contribution >= 0.6 is 0 Å². The van der Waals surface area contributed by atoms with Gasteiger partial charge in [0.15, 0.2) is 28.6 Å². The highest BCUT2D eigenvalue weighted by molar-refractivity contribution is 6.15. The normalized spacial score (nSPS) is 11.2. The molecule has 8 nitrogen and oxygen atoms in total. The molecule has 0 bridgehead atoms. The van der Waals surface area contributed by atoms with Crippen LogP contribution in [-0.4, -0.2) is 66.4 Å². The van der Waals surface area contributed by atoms with Gasteiger partial charge in [-0.3, -0.25) is 4.79 Å². The van der Waals surface area contributed by atoms with Crippen molar-refractivity contribution in [3.63, 3.8) is 0 Å². The minimum Gasteiger partial charge on any atom is -0.495 e. The zero-order chi connectivity index (χ0) is 24.0. The molecule has 0 aliphatic carbocycles. The summed E-state index contributed by atoms with van der Waals surface area (Å²) in [5, 5.41) is 0.622. The number of carbonyl (C=O) groups excluding carboxylic acids is 1. The maximum Gasteiger partial charge on any atom is 0.205 e. The first-order chi connectivity index (χ1) is 15.9. The number of hydrogen-bond donors (Lipinski definition) is 0. The molecule has 0 unspecified atom stereocenters. The summed E-state index contributed by atoms with van der Waals surface area (Å²) in [7, 11) is 10.0. The quantitative estimate of drug-likeness (QED) is 0.313. The molecule has 2 aromatic carbocycles. The van der Waals surface area contributed by atoms with Crippen LogP contribution in [0.15, 0.2) is 41.0 Å². The summed E-state index contributed by atoms with van der Waals surface area (Å²) < 4.78 is 33.5. The van der Waals surface area contributed by atoms with Gasteiger partial charge in [-0.15, -0.1) is 0 Å². The van der Waals surface area contributed by atoms with Crippen LogP contribution in [0.4, 0.5) is 0 Å². The third-order valence-corrected chi connectivity index (χ3v) is 5.05. The van der Waals surface area contributed by atoms with E-state index in [2.05, 4.69) is 0 Å². The molecule has 0 atom stereocenters. The monoisotopic (exact) mass is 455 g/mol. The van der Waals surface area contributed by atoms with Crippen molar-refractivity contribution in [3.8, 4) is 28.7 Å². The Morgan fingerprint density at radius 3 is 2.30 bits per heavy atom. The lowest BCUT2D eigenvalue weighted by Gasteiger charge is -2.18. The summed E-state index contributed by atoms with van der Waals surface area (Å²) in [5.41, 5.74) is 1.49. The Kier molecular flexibility index (Phi) is 7.84. The number of ketones is 1. The Bertz CT molecular complexity index is 1150. The highest BCUT2D eigenvalue weighted by Gasteiger charge is 2.28. The summed E-state index contributed by atoms with van der Waals surface area (Å²) in [5.74, 6) is 1.86. The Morgan fingerprint density at radius 1 is 0.939 bits per heavy atom. The number of hydrogen-bond acceptors (Lipinski definition) is 8. The molecule has 0 fully saturated rings. The van der Waals surface area contributed by atoms with Gasteiger partial charge in [-0.25, -0.2) is 0 Å². The predicted octanol–water partition coefficient (Wildman–Crippen LogP) is 4.30. The molecule has 8 heteroatoms. The van der Waals surface area contributed by atoms with E-state index in [9.17, 15) is 4.79 Å². The number of rotatable bonds is 11. The van der Waals surface area contributed by atoms with Crippen molar-refractivity contribution in [1.82, 2.24) is 4.90 Å². The molecule has 0 amide bonds. The zero-order valence-corrected chi connectivity index (χ0v) is 19.8. The van der Waals surface area contributed by atoms with Crippen LogP contribution < -0.4 is 23.7 Å². The van der Waals surface area contributed by atoms with Crippen molar-refractivity contribution < 1.29 is 32.9 Å². The molecule has 0 aliphatic heterocycles. The van der Waals surface area contributed by atoms with Gasteiger partial charge >= 0.3 is 0 Å². The second kappa shape index (κ2) is 10.8. The predicted molar refractivity (Wildman–Crippen MR) is 126 cm³/mol. The van der Waals surface area contributed by atoms with Crippen LogP contribution in [0.25, 0.3) is 17.0 Å². The van der Waals surface area contributed by atoms with Gasteiger partial charge in [0, 0.05) is 6.54 Å². The molecule has 1 aromatic heterocycles. The van der Waals surface area contributed by atoms with Gasteiger partial charge in [0.2, 0.25) is 5.75 Å². The number of furan rings is 1. The Balaban J connectivity index is 2.07.